The molecule has 0 aliphatic heterocycles. The number of benzene rings is 1. The first kappa shape index (κ1) is 10.6. The molecular formula is C12H15FO2. The molecule has 15 heavy (non-hydrogen) atoms. The van der Waals surface area contributed by atoms with E-state index in [-0.39, 0.29) is 5.82 Å². The van der Waals surface area contributed by atoms with E-state index in [1.54, 1.807) is 19.2 Å². The Balaban J connectivity index is 2.19. The maximum atomic E-state index is 12.7. The Morgan fingerprint density at radius 1 is 1.33 bits per heavy atom. The van der Waals surface area contributed by atoms with Gasteiger partial charge in [0.2, 0.25) is 0 Å². The zero-order valence-electron chi connectivity index (χ0n) is 8.74. The van der Waals surface area contributed by atoms with Crippen LogP contribution < -0.4 is 0 Å². The standard InChI is InChI=1S/C12H15FO2/c1-15-12(7-2-8-12)11(14)9-3-5-10(13)6-4-9/h3-6,11,14H,2,7-8H2,1H3. The van der Waals surface area contributed by atoms with Crippen molar-refractivity contribution in [1.29, 1.82) is 0 Å². The zero-order chi connectivity index (χ0) is 10.9. The molecule has 0 amide bonds. The molecule has 0 saturated heterocycles. The van der Waals surface area contributed by atoms with E-state index in [1.165, 1.54) is 12.1 Å². The van der Waals surface area contributed by atoms with Gasteiger partial charge in [-0.25, -0.2) is 4.39 Å². The maximum absolute atomic E-state index is 12.7. The van der Waals surface area contributed by atoms with Gasteiger partial charge in [-0.2, -0.15) is 0 Å². The fraction of sp³-hybridized carbons (Fsp3) is 0.500. The molecule has 1 saturated carbocycles. The first-order valence-corrected chi connectivity index (χ1v) is 5.17. The highest BCUT2D eigenvalue weighted by Crippen LogP contribution is 2.44. The average molecular weight is 210 g/mol. The summed E-state index contributed by atoms with van der Waals surface area (Å²) in [6, 6.07) is 5.94. The van der Waals surface area contributed by atoms with Crippen LogP contribution in [0.3, 0.4) is 0 Å². The van der Waals surface area contributed by atoms with Crippen LogP contribution in [0.2, 0.25) is 0 Å². The van der Waals surface area contributed by atoms with Crippen LogP contribution in [-0.4, -0.2) is 17.8 Å². The highest BCUT2D eigenvalue weighted by molar-refractivity contribution is 5.22. The summed E-state index contributed by atoms with van der Waals surface area (Å²) < 4.78 is 18.1. The average Bonchev–Trinajstić information content (AvgIpc) is 2.18. The van der Waals surface area contributed by atoms with E-state index in [9.17, 15) is 9.50 Å². The predicted octanol–water partition coefficient (Wildman–Crippen LogP) is 2.43. The van der Waals surface area contributed by atoms with Crippen molar-refractivity contribution in [3.63, 3.8) is 0 Å². The van der Waals surface area contributed by atoms with Crippen molar-refractivity contribution in [2.24, 2.45) is 0 Å². The van der Waals surface area contributed by atoms with Gasteiger partial charge in [0, 0.05) is 7.11 Å². The monoisotopic (exact) mass is 210 g/mol. The third kappa shape index (κ3) is 1.77. The fourth-order valence-corrected chi connectivity index (χ4v) is 2.06. The van der Waals surface area contributed by atoms with Gasteiger partial charge < -0.3 is 9.84 Å². The molecule has 1 aliphatic rings. The highest BCUT2D eigenvalue weighted by Gasteiger charge is 2.44. The second-order valence-electron chi connectivity index (χ2n) is 4.08. The summed E-state index contributed by atoms with van der Waals surface area (Å²) in [5.74, 6) is -0.286. The SMILES string of the molecule is COC1(C(O)c2ccc(F)cc2)CCC1. The lowest BCUT2D eigenvalue weighted by Crippen LogP contribution is -2.45. The van der Waals surface area contributed by atoms with Crippen molar-refractivity contribution in [3.05, 3.63) is 35.6 Å². The van der Waals surface area contributed by atoms with Crippen molar-refractivity contribution in [2.45, 2.75) is 31.0 Å². The summed E-state index contributed by atoms with van der Waals surface area (Å²) in [5, 5.41) is 10.1. The molecule has 1 atom stereocenters. The van der Waals surface area contributed by atoms with E-state index >= 15 is 0 Å². The summed E-state index contributed by atoms with van der Waals surface area (Å²) in [6.45, 7) is 0. The van der Waals surface area contributed by atoms with E-state index in [2.05, 4.69) is 0 Å². The van der Waals surface area contributed by atoms with Gasteiger partial charge >= 0.3 is 0 Å². The van der Waals surface area contributed by atoms with Gasteiger partial charge in [-0.05, 0) is 37.0 Å². The lowest BCUT2D eigenvalue weighted by Gasteiger charge is -2.44. The summed E-state index contributed by atoms with van der Waals surface area (Å²) in [7, 11) is 1.62. The van der Waals surface area contributed by atoms with Crippen molar-refractivity contribution >= 4 is 0 Å². The third-order valence-electron chi connectivity index (χ3n) is 3.29. The fourth-order valence-electron chi connectivity index (χ4n) is 2.06. The van der Waals surface area contributed by atoms with Gasteiger partial charge in [0.15, 0.2) is 0 Å². The molecule has 0 bridgehead atoms. The number of hydrogen-bond acceptors (Lipinski definition) is 2. The molecule has 3 heteroatoms. The zero-order valence-corrected chi connectivity index (χ0v) is 8.74. The molecule has 82 valence electrons. The Morgan fingerprint density at radius 3 is 2.33 bits per heavy atom. The Hall–Kier alpha value is -0.930. The highest BCUT2D eigenvalue weighted by atomic mass is 19.1. The van der Waals surface area contributed by atoms with Crippen LogP contribution in [0.1, 0.15) is 30.9 Å². The molecule has 1 unspecified atom stereocenters. The van der Waals surface area contributed by atoms with Crippen molar-refractivity contribution in [3.8, 4) is 0 Å². The number of methoxy groups -OCH3 is 1. The minimum Gasteiger partial charge on any atom is -0.385 e. The van der Waals surface area contributed by atoms with Crippen LogP contribution in [0.4, 0.5) is 4.39 Å². The molecule has 2 rings (SSSR count). The molecule has 1 fully saturated rings. The third-order valence-corrected chi connectivity index (χ3v) is 3.29. The van der Waals surface area contributed by atoms with Crippen LogP contribution >= 0.6 is 0 Å². The lowest BCUT2D eigenvalue weighted by molar-refractivity contribution is -0.151. The predicted molar refractivity (Wildman–Crippen MR) is 55.0 cm³/mol. The van der Waals surface area contributed by atoms with Gasteiger partial charge in [0.05, 0.1) is 5.60 Å². The Bertz CT molecular complexity index is 324. The van der Waals surface area contributed by atoms with E-state index in [0.717, 1.165) is 24.8 Å². The second-order valence-corrected chi connectivity index (χ2v) is 4.08. The Kier molecular flexibility index (Phi) is 2.76. The van der Waals surface area contributed by atoms with E-state index in [4.69, 9.17) is 4.74 Å². The van der Waals surface area contributed by atoms with Gasteiger partial charge in [-0.15, -0.1) is 0 Å². The number of aliphatic hydroxyl groups excluding tert-OH is 1. The molecule has 0 radical (unpaired) electrons. The summed E-state index contributed by atoms with van der Waals surface area (Å²) in [6.07, 6.45) is 2.15. The van der Waals surface area contributed by atoms with Gasteiger partial charge in [-0.3, -0.25) is 0 Å². The number of rotatable bonds is 3. The van der Waals surface area contributed by atoms with Crippen molar-refractivity contribution < 1.29 is 14.2 Å². The van der Waals surface area contributed by atoms with Crippen LogP contribution in [0, 0.1) is 5.82 Å². The second kappa shape index (κ2) is 3.91. The lowest BCUT2D eigenvalue weighted by atomic mass is 9.74. The van der Waals surface area contributed by atoms with Crippen LogP contribution in [0.25, 0.3) is 0 Å². The van der Waals surface area contributed by atoms with E-state index in [1.807, 2.05) is 0 Å². The molecule has 0 aromatic heterocycles. The minimum absolute atomic E-state index is 0.286. The molecule has 1 aromatic rings. The maximum Gasteiger partial charge on any atom is 0.123 e. The van der Waals surface area contributed by atoms with Gasteiger partial charge in [0.25, 0.3) is 0 Å². The van der Waals surface area contributed by atoms with Gasteiger partial charge in [-0.1, -0.05) is 12.1 Å². The van der Waals surface area contributed by atoms with Crippen LogP contribution in [-0.2, 0) is 4.74 Å². The van der Waals surface area contributed by atoms with Crippen molar-refractivity contribution in [1.82, 2.24) is 0 Å². The number of hydrogen-bond donors (Lipinski definition) is 1. The molecule has 2 nitrogen and oxygen atoms in total. The molecule has 0 heterocycles. The molecule has 1 N–H and O–H groups in total. The largest absolute Gasteiger partial charge is 0.385 e. The summed E-state index contributed by atoms with van der Waals surface area (Å²) >= 11 is 0. The summed E-state index contributed by atoms with van der Waals surface area (Å²) in [5.41, 5.74) is 0.274. The summed E-state index contributed by atoms with van der Waals surface area (Å²) in [4.78, 5) is 0. The number of halogens is 1. The van der Waals surface area contributed by atoms with Crippen molar-refractivity contribution in [2.75, 3.05) is 7.11 Å². The molecule has 1 aliphatic carbocycles. The first-order chi connectivity index (χ1) is 7.18. The Labute approximate surface area is 88.7 Å². The minimum atomic E-state index is -0.656. The smallest absolute Gasteiger partial charge is 0.123 e. The molecular weight excluding hydrogens is 195 g/mol. The normalized spacial score (nSPS) is 20.7. The first-order valence-electron chi connectivity index (χ1n) is 5.17. The Morgan fingerprint density at radius 2 is 1.93 bits per heavy atom. The number of aliphatic hydroxyl groups is 1. The van der Waals surface area contributed by atoms with Gasteiger partial charge in [0.1, 0.15) is 11.9 Å². The molecule has 0 spiro atoms. The van der Waals surface area contributed by atoms with E-state index in [0.29, 0.717) is 0 Å². The quantitative estimate of drug-likeness (QED) is 0.830. The molecule has 1 aromatic carbocycles. The number of ether oxygens (including phenoxy) is 1. The topological polar surface area (TPSA) is 29.5 Å². The van der Waals surface area contributed by atoms with E-state index < -0.39 is 11.7 Å². The van der Waals surface area contributed by atoms with Crippen LogP contribution in [0.5, 0.6) is 0 Å². The van der Waals surface area contributed by atoms with Crippen LogP contribution in [0.15, 0.2) is 24.3 Å².